The number of hydrogen-bond acceptors (Lipinski definition) is 3. The number of anilines is 1. The molecule has 1 aromatic heterocycles. The zero-order valence-electron chi connectivity index (χ0n) is 11.0. The first-order valence-electron chi connectivity index (χ1n) is 6.35. The number of benzene rings is 2. The van der Waals surface area contributed by atoms with Crippen LogP contribution in [0, 0.1) is 11.6 Å². The third kappa shape index (κ3) is 3.05. The number of nitrogens with zero attached hydrogens (tertiary/aromatic N) is 3. The molecule has 106 valence electrons. The van der Waals surface area contributed by atoms with E-state index in [0.29, 0.717) is 17.9 Å². The van der Waals surface area contributed by atoms with Crippen LogP contribution in [-0.2, 0) is 6.54 Å². The number of hydrogen-bond donors (Lipinski definition) is 1. The summed E-state index contributed by atoms with van der Waals surface area (Å²) < 4.78 is 28.4. The van der Waals surface area contributed by atoms with E-state index in [1.807, 2.05) is 0 Å². The van der Waals surface area contributed by atoms with Crippen molar-refractivity contribution in [3.05, 3.63) is 72.3 Å². The van der Waals surface area contributed by atoms with Crippen molar-refractivity contribution in [2.75, 3.05) is 5.32 Å². The van der Waals surface area contributed by atoms with Crippen molar-refractivity contribution in [2.45, 2.75) is 6.54 Å². The van der Waals surface area contributed by atoms with Crippen LogP contribution in [0.1, 0.15) is 5.56 Å². The first-order valence-corrected chi connectivity index (χ1v) is 6.35. The van der Waals surface area contributed by atoms with Gasteiger partial charge in [-0.2, -0.15) is 5.10 Å². The Labute approximate surface area is 120 Å². The van der Waals surface area contributed by atoms with Gasteiger partial charge in [-0.3, -0.25) is 0 Å². The second-order valence-corrected chi connectivity index (χ2v) is 4.49. The Kier molecular flexibility index (Phi) is 3.59. The molecule has 0 amide bonds. The van der Waals surface area contributed by atoms with Gasteiger partial charge in [0.25, 0.3) is 0 Å². The molecule has 0 unspecified atom stereocenters. The number of nitrogens with one attached hydrogen (secondary N) is 1. The summed E-state index contributed by atoms with van der Waals surface area (Å²) in [5.41, 5.74) is 1.72. The highest BCUT2D eigenvalue weighted by molar-refractivity contribution is 5.49. The number of aromatic nitrogens is 3. The first kappa shape index (κ1) is 13.2. The van der Waals surface area contributed by atoms with Gasteiger partial charge >= 0.3 is 0 Å². The third-order valence-corrected chi connectivity index (χ3v) is 3.00. The fraction of sp³-hybridized carbons (Fsp3) is 0.0667. The van der Waals surface area contributed by atoms with Crippen molar-refractivity contribution in [2.24, 2.45) is 0 Å². The standard InChI is InChI=1S/C15H12F2N4/c16-12-3-1-2-11(6-12)8-19-13-4-5-15(14(17)7-13)21-10-18-9-20-21/h1-7,9-10,19H,8H2. The normalized spacial score (nSPS) is 10.6. The topological polar surface area (TPSA) is 42.7 Å². The van der Waals surface area contributed by atoms with Crippen LogP contribution in [0.5, 0.6) is 0 Å². The Morgan fingerprint density at radius 1 is 1.10 bits per heavy atom. The van der Waals surface area contributed by atoms with Gasteiger partial charge in [-0.15, -0.1) is 0 Å². The van der Waals surface area contributed by atoms with Crippen LogP contribution >= 0.6 is 0 Å². The van der Waals surface area contributed by atoms with Crippen molar-refractivity contribution < 1.29 is 8.78 Å². The van der Waals surface area contributed by atoms with Gasteiger partial charge in [-0.1, -0.05) is 12.1 Å². The maximum atomic E-state index is 14.0. The number of halogens is 2. The van der Waals surface area contributed by atoms with E-state index in [2.05, 4.69) is 15.4 Å². The van der Waals surface area contributed by atoms with Crippen molar-refractivity contribution in [3.8, 4) is 5.69 Å². The van der Waals surface area contributed by atoms with E-state index in [-0.39, 0.29) is 5.82 Å². The molecule has 4 nitrogen and oxygen atoms in total. The molecule has 0 saturated carbocycles. The first-order chi connectivity index (χ1) is 10.2. The Morgan fingerprint density at radius 2 is 2.00 bits per heavy atom. The van der Waals surface area contributed by atoms with Crippen LogP contribution in [-0.4, -0.2) is 14.8 Å². The molecular formula is C15H12F2N4. The van der Waals surface area contributed by atoms with E-state index in [0.717, 1.165) is 5.56 Å². The molecule has 0 saturated heterocycles. The second kappa shape index (κ2) is 5.70. The fourth-order valence-electron chi connectivity index (χ4n) is 1.99. The van der Waals surface area contributed by atoms with Gasteiger partial charge in [-0.25, -0.2) is 18.4 Å². The minimum absolute atomic E-state index is 0.290. The summed E-state index contributed by atoms with van der Waals surface area (Å²) in [6, 6.07) is 11.0. The van der Waals surface area contributed by atoms with Crippen LogP contribution in [0.4, 0.5) is 14.5 Å². The Balaban J connectivity index is 1.74. The molecule has 2 aromatic carbocycles. The summed E-state index contributed by atoms with van der Waals surface area (Å²) in [5, 5.41) is 6.93. The lowest BCUT2D eigenvalue weighted by Gasteiger charge is -2.09. The van der Waals surface area contributed by atoms with Crippen molar-refractivity contribution in [1.29, 1.82) is 0 Å². The average molecular weight is 286 g/mol. The molecule has 3 rings (SSSR count). The smallest absolute Gasteiger partial charge is 0.150 e. The molecule has 1 N–H and O–H groups in total. The van der Waals surface area contributed by atoms with Gasteiger partial charge < -0.3 is 5.32 Å². The zero-order valence-corrected chi connectivity index (χ0v) is 11.0. The third-order valence-electron chi connectivity index (χ3n) is 3.00. The Bertz CT molecular complexity index is 741. The van der Waals surface area contributed by atoms with Crippen LogP contribution in [0.25, 0.3) is 5.69 Å². The van der Waals surface area contributed by atoms with Crippen LogP contribution in [0.3, 0.4) is 0 Å². The van der Waals surface area contributed by atoms with Gasteiger partial charge in [-0.05, 0) is 35.9 Å². The lowest BCUT2D eigenvalue weighted by Crippen LogP contribution is -2.02. The molecule has 0 aliphatic rings. The molecule has 0 spiro atoms. The SMILES string of the molecule is Fc1cccc(CNc2ccc(-n3cncn3)c(F)c2)c1. The number of rotatable bonds is 4. The minimum atomic E-state index is -0.412. The van der Waals surface area contributed by atoms with E-state index in [9.17, 15) is 8.78 Å². The highest BCUT2D eigenvalue weighted by atomic mass is 19.1. The maximum Gasteiger partial charge on any atom is 0.150 e. The highest BCUT2D eigenvalue weighted by Crippen LogP contribution is 2.18. The van der Waals surface area contributed by atoms with Crippen LogP contribution < -0.4 is 5.32 Å². The zero-order chi connectivity index (χ0) is 14.7. The Hall–Kier alpha value is -2.76. The van der Waals surface area contributed by atoms with E-state index in [4.69, 9.17) is 0 Å². The monoisotopic (exact) mass is 286 g/mol. The molecule has 1 heterocycles. The molecular weight excluding hydrogens is 274 g/mol. The predicted octanol–water partition coefficient (Wildman–Crippen LogP) is 3.16. The van der Waals surface area contributed by atoms with Crippen LogP contribution in [0.15, 0.2) is 55.1 Å². The summed E-state index contributed by atoms with van der Waals surface area (Å²) in [4.78, 5) is 3.78. The van der Waals surface area contributed by atoms with Gasteiger partial charge in [0.05, 0.1) is 0 Å². The lowest BCUT2D eigenvalue weighted by atomic mass is 10.2. The lowest BCUT2D eigenvalue weighted by molar-refractivity contribution is 0.611. The van der Waals surface area contributed by atoms with Crippen molar-refractivity contribution in [3.63, 3.8) is 0 Å². The molecule has 0 aliphatic carbocycles. The van der Waals surface area contributed by atoms with Gasteiger partial charge in [0.2, 0.25) is 0 Å². The molecule has 3 aromatic rings. The van der Waals surface area contributed by atoms with Gasteiger partial charge in [0.1, 0.15) is 24.2 Å². The quantitative estimate of drug-likeness (QED) is 0.801. The summed E-state index contributed by atoms with van der Waals surface area (Å²) >= 11 is 0. The molecule has 0 bridgehead atoms. The summed E-state index contributed by atoms with van der Waals surface area (Å²) in [5.74, 6) is -0.702. The van der Waals surface area contributed by atoms with E-state index in [1.165, 1.54) is 35.5 Å². The van der Waals surface area contributed by atoms with Crippen LogP contribution in [0.2, 0.25) is 0 Å². The molecule has 21 heavy (non-hydrogen) atoms. The van der Waals surface area contributed by atoms with Gasteiger partial charge in [0.15, 0.2) is 5.82 Å². The predicted molar refractivity (Wildman–Crippen MR) is 75.0 cm³/mol. The highest BCUT2D eigenvalue weighted by Gasteiger charge is 2.06. The van der Waals surface area contributed by atoms with Gasteiger partial charge in [0, 0.05) is 12.2 Å². The van der Waals surface area contributed by atoms with E-state index in [1.54, 1.807) is 24.3 Å². The molecule has 0 radical (unpaired) electrons. The molecule has 0 atom stereocenters. The maximum absolute atomic E-state index is 14.0. The molecule has 0 fully saturated rings. The minimum Gasteiger partial charge on any atom is -0.381 e. The fourth-order valence-corrected chi connectivity index (χ4v) is 1.99. The summed E-state index contributed by atoms with van der Waals surface area (Å²) in [6.45, 7) is 0.417. The van der Waals surface area contributed by atoms with E-state index < -0.39 is 5.82 Å². The molecule has 6 heteroatoms. The average Bonchev–Trinajstić information content (AvgIpc) is 2.99. The largest absolute Gasteiger partial charge is 0.381 e. The second-order valence-electron chi connectivity index (χ2n) is 4.49. The van der Waals surface area contributed by atoms with E-state index >= 15 is 0 Å². The molecule has 0 aliphatic heterocycles. The van der Waals surface area contributed by atoms with Crippen molar-refractivity contribution >= 4 is 5.69 Å². The summed E-state index contributed by atoms with van der Waals surface area (Å²) in [7, 11) is 0. The van der Waals surface area contributed by atoms with Crippen molar-refractivity contribution in [1.82, 2.24) is 14.8 Å². The Morgan fingerprint density at radius 3 is 2.71 bits per heavy atom. The summed E-state index contributed by atoms with van der Waals surface area (Å²) in [6.07, 6.45) is 2.77.